The molecule has 0 atom stereocenters. The fraction of sp³-hybridized carbons (Fsp3) is 0.500. The van der Waals surface area contributed by atoms with E-state index in [-0.39, 0.29) is 4.90 Å². The normalized spacial score (nSPS) is 17.1. The Kier molecular flexibility index (Phi) is 5.14. The van der Waals surface area contributed by atoms with Gasteiger partial charge in [0.2, 0.25) is 10.0 Å². The summed E-state index contributed by atoms with van der Waals surface area (Å²) < 4.78 is 22.7. The Balaban J connectivity index is 1.94. The van der Waals surface area contributed by atoms with Crippen molar-refractivity contribution < 1.29 is 8.42 Å². The maximum Gasteiger partial charge on any atom is 0.238 e. The summed E-state index contributed by atoms with van der Waals surface area (Å²) in [4.78, 5) is 2.42. The number of nitrogens with two attached hydrogens (primary N) is 2. The third-order valence-corrected chi connectivity index (χ3v) is 4.95. The number of thioether (sulfide) groups is 1. The molecule has 1 fully saturated rings. The molecule has 8 heteroatoms. The van der Waals surface area contributed by atoms with Crippen molar-refractivity contribution in [3.8, 4) is 0 Å². The number of nitrogens with one attached hydrogen (secondary N) is 1. The molecule has 2 rings (SSSR count). The van der Waals surface area contributed by atoms with Gasteiger partial charge in [-0.1, -0.05) is 0 Å². The molecule has 0 saturated carbocycles. The molecule has 0 aromatic heterocycles. The van der Waals surface area contributed by atoms with E-state index < -0.39 is 10.0 Å². The van der Waals surface area contributed by atoms with Gasteiger partial charge in [0.15, 0.2) is 0 Å². The lowest BCUT2D eigenvalue weighted by molar-refractivity contribution is 0.314. The van der Waals surface area contributed by atoms with Gasteiger partial charge in [0.05, 0.1) is 4.90 Å². The van der Waals surface area contributed by atoms with Crippen molar-refractivity contribution in [3.05, 3.63) is 18.2 Å². The van der Waals surface area contributed by atoms with Crippen molar-refractivity contribution in [3.63, 3.8) is 0 Å². The van der Waals surface area contributed by atoms with Crippen LogP contribution >= 0.6 is 11.8 Å². The number of nitrogen functional groups attached to an aromatic ring is 1. The first-order chi connectivity index (χ1) is 9.45. The van der Waals surface area contributed by atoms with Crippen molar-refractivity contribution in [1.82, 2.24) is 4.90 Å². The van der Waals surface area contributed by atoms with Crippen LogP contribution in [0.4, 0.5) is 11.4 Å². The molecule has 0 spiro atoms. The molecule has 0 aliphatic carbocycles. The Morgan fingerprint density at radius 2 is 1.95 bits per heavy atom. The second kappa shape index (κ2) is 6.66. The van der Waals surface area contributed by atoms with Crippen LogP contribution in [0.2, 0.25) is 0 Å². The van der Waals surface area contributed by atoms with E-state index in [1.54, 1.807) is 6.07 Å². The van der Waals surface area contributed by atoms with Crippen molar-refractivity contribution in [2.75, 3.05) is 48.7 Å². The van der Waals surface area contributed by atoms with E-state index in [0.717, 1.165) is 26.2 Å². The lowest BCUT2D eigenvalue weighted by Gasteiger charge is -2.26. The maximum absolute atomic E-state index is 11.3. The van der Waals surface area contributed by atoms with Crippen LogP contribution in [0.1, 0.15) is 0 Å². The average Bonchev–Trinajstić information content (AvgIpc) is 2.38. The first-order valence-electron chi connectivity index (χ1n) is 6.42. The van der Waals surface area contributed by atoms with Crippen LogP contribution in [0.15, 0.2) is 23.1 Å². The highest BCUT2D eigenvalue weighted by Crippen LogP contribution is 2.19. The predicted octanol–water partition coefficient (Wildman–Crippen LogP) is 0.377. The molecular weight excluding hydrogens is 296 g/mol. The minimum Gasteiger partial charge on any atom is -0.399 e. The fourth-order valence-electron chi connectivity index (χ4n) is 2.07. The molecule has 0 amide bonds. The number of nitrogens with zero attached hydrogens (tertiary/aromatic N) is 1. The molecule has 0 radical (unpaired) electrons. The summed E-state index contributed by atoms with van der Waals surface area (Å²) in [6, 6.07) is 4.58. The zero-order chi connectivity index (χ0) is 14.6. The Hall–Kier alpha value is -0.960. The summed E-state index contributed by atoms with van der Waals surface area (Å²) >= 11 is 1.98. The molecule has 1 aromatic carbocycles. The topological polar surface area (TPSA) is 101 Å². The number of rotatable bonds is 5. The van der Waals surface area contributed by atoms with E-state index in [9.17, 15) is 8.42 Å². The number of primary sulfonamides is 1. The lowest BCUT2D eigenvalue weighted by atomic mass is 10.3. The maximum atomic E-state index is 11.3. The van der Waals surface area contributed by atoms with Gasteiger partial charge >= 0.3 is 0 Å². The van der Waals surface area contributed by atoms with Crippen LogP contribution < -0.4 is 16.2 Å². The van der Waals surface area contributed by atoms with E-state index in [2.05, 4.69) is 10.2 Å². The number of hydrogen-bond donors (Lipinski definition) is 3. The van der Waals surface area contributed by atoms with E-state index in [1.807, 2.05) is 11.8 Å². The summed E-state index contributed by atoms with van der Waals surface area (Å²) in [6.07, 6.45) is 0. The quantitative estimate of drug-likeness (QED) is 0.679. The molecule has 1 aliphatic heterocycles. The zero-order valence-electron chi connectivity index (χ0n) is 11.2. The standard InChI is InChI=1S/C12H20N4O2S2/c13-10-7-11(9-12(8-10)20(14,17)18)15-1-2-16-3-5-19-6-4-16/h7-9,15H,1-6,13H2,(H2,14,17,18). The minimum absolute atomic E-state index is 0.0365. The largest absolute Gasteiger partial charge is 0.399 e. The zero-order valence-corrected chi connectivity index (χ0v) is 12.8. The second-order valence-electron chi connectivity index (χ2n) is 4.72. The summed E-state index contributed by atoms with van der Waals surface area (Å²) in [5, 5.41) is 8.32. The molecule has 1 aromatic rings. The van der Waals surface area contributed by atoms with Gasteiger partial charge in [-0.3, -0.25) is 4.90 Å². The summed E-state index contributed by atoms with van der Waals surface area (Å²) in [5.74, 6) is 2.35. The van der Waals surface area contributed by atoms with E-state index in [1.165, 1.54) is 23.6 Å². The van der Waals surface area contributed by atoms with E-state index in [4.69, 9.17) is 10.9 Å². The second-order valence-corrected chi connectivity index (χ2v) is 7.50. The highest BCUT2D eigenvalue weighted by atomic mass is 32.2. The van der Waals surface area contributed by atoms with Crippen LogP contribution in [0.3, 0.4) is 0 Å². The molecule has 112 valence electrons. The number of benzene rings is 1. The van der Waals surface area contributed by atoms with Gasteiger partial charge in [-0.15, -0.1) is 0 Å². The molecule has 1 aliphatic rings. The number of sulfonamides is 1. The molecule has 0 unspecified atom stereocenters. The van der Waals surface area contributed by atoms with Crippen LogP contribution in [-0.2, 0) is 10.0 Å². The highest BCUT2D eigenvalue weighted by molar-refractivity contribution is 7.99. The molecule has 6 nitrogen and oxygen atoms in total. The highest BCUT2D eigenvalue weighted by Gasteiger charge is 2.11. The van der Waals surface area contributed by atoms with Crippen molar-refractivity contribution in [1.29, 1.82) is 0 Å². The Morgan fingerprint density at radius 1 is 1.25 bits per heavy atom. The average molecular weight is 316 g/mol. The third kappa shape index (κ3) is 4.55. The van der Waals surface area contributed by atoms with Crippen LogP contribution in [-0.4, -0.2) is 51.0 Å². The molecule has 5 N–H and O–H groups in total. The van der Waals surface area contributed by atoms with Gasteiger partial charge in [-0.2, -0.15) is 11.8 Å². The smallest absolute Gasteiger partial charge is 0.238 e. The molecule has 0 bridgehead atoms. The minimum atomic E-state index is -3.73. The van der Waals surface area contributed by atoms with Gasteiger partial charge in [-0.05, 0) is 18.2 Å². The van der Waals surface area contributed by atoms with Gasteiger partial charge < -0.3 is 11.1 Å². The predicted molar refractivity (Wildman–Crippen MR) is 84.5 cm³/mol. The third-order valence-electron chi connectivity index (χ3n) is 3.12. The SMILES string of the molecule is Nc1cc(NCCN2CCSCC2)cc(S(N)(=O)=O)c1. The summed E-state index contributed by atoms with van der Waals surface area (Å²) in [7, 11) is -3.73. The first-order valence-corrected chi connectivity index (χ1v) is 9.12. The van der Waals surface area contributed by atoms with E-state index in [0.29, 0.717) is 11.4 Å². The van der Waals surface area contributed by atoms with Gasteiger partial charge in [-0.25, -0.2) is 13.6 Å². The van der Waals surface area contributed by atoms with Crippen LogP contribution in [0.25, 0.3) is 0 Å². The van der Waals surface area contributed by atoms with Crippen molar-refractivity contribution >= 4 is 33.2 Å². The monoisotopic (exact) mass is 316 g/mol. The van der Waals surface area contributed by atoms with E-state index >= 15 is 0 Å². The molecule has 1 heterocycles. The Bertz CT molecular complexity index is 557. The molecule has 1 saturated heterocycles. The molecular formula is C12H20N4O2S2. The lowest BCUT2D eigenvalue weighted by Crippen LogP contribution is -2.36. The van der Waals surface area contributed by atoms with Gasteiger partial charge in [0, 0.05) is 49.1 Å². The van der Waals surface area contributed by atoms with Gasteiger partial charge in [0.25, 0.3) is 0 Å². The van der Waals surface area contributed by atoms with Gasteiger partial charge in [0.1, 0.15) is 0 Å². The summed E-state index contributed by atoms with van der Waals surface area (Å²) in [6.45, 7) is 3.88. The van der Waals surface area contributed by atoms with Crippen LogP contribution in [0, 0.1) is 0 Å². The number of anilines is 2. The number of hydrogen-bond acceptors (Lipinski definition) is 6. The fourth-order valence-corrected chi connectivity index (χ4v) is 3.64. The van der Waals surface area contributed by atoms with Crippen molar-refractivity contribution in [2.45, 2.75) is 4.90 Å². The Morgan fingerprint density at radius 3 is 2.60 bits per heavy atom. The van der Waals surface area contributed by atoms with Crippen LogP contribution in [0.5, 0.6) is 0 Å². The first kappa shape index (κ1) is 15.4. The molecule has 20 heavy (non-hydrogen) atoms. The Labute approximate surface area is 123 Å². The summed E-state index contributed by atoms with van der Waals surface area (Å²) in [5.41, 5.74) is 6.76. The van der Waals surface area contributed by atoms with Crippen molar-refractivity contribution in [2.24, 2.45) is 5.14 Å².